The van der Waals surface area contributed by atoms with Gasteiger partial charge in [0.2, 0.25) is 11.8 Å². The van der Waals surface area contributed by atoms with E-state index in [1.54, 1.807) is 15.9 Å². The van der Waals surface area contributed by atoms with Crippen molar-refractivity contribution in [1.82, 2.24) is 9.80 Å². The summed E-state index contributed by atoms with van der Waals surface area (Å²) in [6.07, 6.45) is 5.44. The Balaban J connectivity index is 1.92. The van der Waals surface area contributed by atoms with Crippen LogP contribution >= 0.6 is 0 Å². The summed E-state index contributed by atoms with van der Waals surface area (Å²) in [5, 5.41) is 0. The Morgan fingerprint density at radius 3 is 2.85 bits per heavy atom. The Morgan fingerprint density at radius 2 is 2.10 bits per heavy atom. The SMILES string of the molecule is C=CCCOCCN1C(=O)C2CCCCN2C(=O)C1C. The predicted molar refractivity (Wildman–Crippen MR) is 76.2 cm³/mol. The van der Waals surface area contributed by atoms with Gasteiger partial charge in [0.1, 0.15) is 12.1 Å². The van der Waals surface area contributed by atoms with Gasteiger partial charge in [-0.1, -0.05) is 6.08 Å². The van der Waals surface area contributed by atoms with Crippen LogP contribution in [0.2, 0.25) is 0 Å². The molecular formula is C15H24N2O3. The Bertz CT molecular complexity index is 383. The van der Waals surface area contributed by atoms with Gasteiger partial charge in [-0.2, -0.15) is 0 Å². The maximum atomic E-state index is 12.5. The highest BCUT2D eigenvalue weighted by Gasteiger charge is 2.44. The van der Waals surface area contributed by atoms with E-state index in [9.17, 15) is 9.59 Å². The van der Waals surface area contributed by atoms with Gasteiger partial charge in [0, 0.05) is 13.1 Å². The van der Waals surface area contributed by atoms with Crippen molar-refractivity contribution in [3.05, 3.63) is 12.7 Å². The molecule has 0 aromatic heterocycles. The van der Waals surface area contributed by atoms with Crippen LogP contribution in [0.15, 0.2) is 12.7 Å². The smallest absolute Gasteiger partial charge is 0.246 e. The van der Waals surface area contributed by atoms with E-state index < -0.39 is 0 Å². The summed E-state index contributed by atoms with van der Waals surface area (Å²) in [4.78, 5) is 28.3. The van der Waals surface area contributed by atoms with Crippen LogP contribution in [0, 0.1) is 0 Å². The number of piperazine rings is 1. The van der Waals surface area contributed by atoms with Crippen LogP contribution < -0.4 is 0 Å². The summed E-state index contributed by atoms with van der Waals surface area (Å²) in [5.74, 6) is 0.171. The number of nitrogens with zero attached hydrogens (tertiary/aromatic N) is 2. The molecule has 2 aliphatic rings. The molecule has 0 N–H and O–H groups in total. The first-order chi connectivity index (χ1) is 9.66. The predicted octanol–water partition coefficient (Wildman–Crippen LogP) is 1.19. The molecule has 0 aromatic carbocycles. The van der Waals surface area contributed by atoms with Crippen molar-refractivity contribution in [3.8, 4) is 0 Å². The van der Waals surface area contributed by atoms with Gasteiger partial charge in [-0.15, -0.1) is 6.58 Å². The van der Waals surface area contributed by atoms with Crippen LogP contribution in [0.3, 0.4) is 0 Å². The minimum absolute atomic E-state index is 0.0837. The zero-order valence-corrected chi connectivity index (χ0v) is 12.2. The molecule has 2 rings (SSSR count). The largest absolute Gasteiger partial charge is 0.379 e. The van der Waals surface area contributed by atoms with Crippen molar-refractivity contribution in [3.63, 3.8) is 0 Å². The quantitative estimate of drug-likeness (QED) is 0.542. The molecule has 2 atom stereocenters. The second-order valence-corrected chi connectivity index (χ2v) is 5.44. The van der Waals surface area contributed by atoms with Gasteiger partial charge in [-0.05, 0) is 32.6 Å². The Kier molecular flexibility index (Phi) is 5.17. The molecular weight excluding hydrogens is 256 g/mol. The van der Waals surface area contributed by atoms with E-state index in [1.165, 1.54) is 0 Å². The van der Waals surface area contributed by atoms with E-state index >= 15 is 0 Å². The summed E-state index contributed by atoms with van der Waals surface area (Å²) < 4.78 is 5.45. The van der Waals surface area contributed by atoms with Crippen molar-refractivity contribution in [2.45, 2.75) is 44.7 Å². The van der Waals surface area contributed by atoms with Crippen molar-refractivity contribution >= 4 is 11.8 Å². The number of rotatable bonds is 6. The maximum absolute atomic E-state index is 12.5. The summed E-state index contributed by atoms with van der Waals surface area (Å²) in [6, 6.07) is -0.597. The minimum atomic E-state index is -0.361. The van der Waals surface area contributed by atoms with Gasteiger partial charge in [-0.3, -0.25) is 9.59 Å². The van der Waals surface area contributed by atoms with Crippen LogP contribution in [0.25, 0.3) is 0 Å². The second-order valence-electron chi connectivity index (χ2n) is 5.44. The Morgan fingerprint density at radius 1 is 1.30 bits per heavy atom. The number of carbonyl (C=O) groups is 2. The van der Waals surface area contributed by atoms with Crippen molar-refractivity contribution < 1.29 is 14.3 Å². The van der Waals surface area contributed by atoms with E-state index in [0.29, 0.717) is 19.8 Å². The molecule has 5 nitrogen and oxygen atoms in total. The fourth-order valence-corrected chi connectivity index (χ4v) is 2.94. The van der Waals surface area contributed by atoms with Gasteiger partial charge in [0.05, 0.1) is 13.2 Å². The first kappa shape index (κ1) is 15.0. The number of piperidine rings is 1. The molecule has 2 saturated heterocycles. The van der Waals surface area contributed by atoms with Gasteiger partial charge >= 0.3 is 0 Å². The zero-order valence-electron chi connectivity index (χ0n) is 12.2. The molecule has 0 aliphatic carbocycles. The summed E-state index contributed by atoms with van der Waals surface area (Å²) in [5.41, 5.74) is 0. The van der Waals surface area contributed by atoms with Crippen LogP contribution in [0.4, 0.5) is 0 Å². The minimum Gasteiger partial charge on any atom is -0.379 e. The molecule has 2 amide bonds. The molecule has 0 bridgehead atoms. The number of ether oxygens (including phenoxy) is 1. The zero-order chi connectivity index (χ0) is 14.5. The number of carbonyl (C=O) groups excluding carboxylic acids is 2. The third kappa shape index (κ3) is 3.03. The molecule has 0 radical (unpaired) electrons. The lowest BCUT2D eigenvalue weighted by molar-refractivity contribution is -0.163. The molecule has 0 saturated carbocycles. The van der Waals surface area contributed by atoms with E-state index in [1.807, 2.05) is 6.92 Å². The van der Waals surface area contributed by atoms with Crippen LogP contribution in [-0.4, -0.2) is 60.0 Å². The average molecular weight is 280 g/mol. The molecule has 2 aliphatic heterocycles. The first-order valence-corrected chi connectivity index (χ1v) is 7.46. The van der Waals surface area contributed by atoms with E-state index in [0.717, 1.165) is 32.2 Å². The molecule has 112 valence electrons. The monoisotopic (exact) mass is 280 g/mol. The summed E-state index contributed by atoms with van der Waals surface area (Å²) in [6.45, 7) is 7.76. The van der Waals surface area contributed by atoms with E-state index in [-0.39, 0.29) is 23.9 Å². The lowest BCUT2D eigenvalue weighted by Gasteiger charge is -2.46. The number of amides is 2. The number of fused-ring (bicyclic) bond motifs is 1. The molecule has 5 heteroatoms. The summed E-state index contributed by atoms with van der Waals surface area (Å²) >= 11 is 0. The fourth-order valence-electron chi connectivity index (χ4n) is 2.94. The molecule has 2 fully saturated rings. The summed E-state index contributed by atoms with van der Waals surface area (Å²) in [7, 11) is 0. The highest BCUT2D eigenvalue weighted by Crippen LogP contribution is 2.25. The highest BCUT2D eigenvalue weighted by atomic mass is 16.5. The lowest BCUT2D eigenvalue weighted by atomic mass is 9.96. The number of hydrogen-bond donors (Lipinski definition) is 0. The maximum Gasteiger partial charge on any atom is 0.246 e. The second kappa shape index (κ2) is 6.88. The van der Waals surface area contributed by atoms with E-state index in [4.69, 9.17) is 4.74 Å². The third-order valence-electron chi connectivity index (χ3n) is 4.12. The Hall–Kier alpha value is -1.36. The molecule has 2 unspecified atom stereocenters. The lowest BCUT2D eigenvalue weighted by Crippen LogP contribution is -2.65. The standard InChI is InChI=1S/C15H24N2O3/c1-3-4-10-20-11-9-16-12(2)14(18)17-8-6-5-7-13(17)15(16)19/h3,12-13H,1,4-11H2,2H3. The van der Waals surface area contributed by atoms with Crippen molar-refractivity contribution in [2.75, 3.05) is 26.3 Å². The third-order valence-corrected chi connectivity index (χ3v) is 4.12. The average Bonchev–Trinajstić information content (AvgIpc) is 2.48. The van der Waals surface area contributed by atoms with Crippen LogP contribution in [0.5, 0.6) is 0 Å². The van der Waals surface area contributed by atoms with E-state index in [2.05, 4.69) is 6.58 Å². The normalized spacial score (nSPS) is 26.6. The van der Waals surface area contributed by atoms with Crippen LogP contribution in [0.1, 0.15) is 32.6 Å². The molecule has 0 aromatic rings. The van der Waals surface area contributed by atoms with Crippen LogP contribution in [-0.2, 0) is 14.3 Å². The Labute approximate surface area is 120 Å². The van der Waals surface area contributed by atoms with Gasteiger partial charge in [0.25, 0.3) is 0 Å². The van der Waals surface area contributed by atoms with Gasteiger partial charge in [-0.25, -0.2) is 0 Å². The fraction of sp³-hybridized carbons (Fsp3) is 0.733. The van der Waals surface area contributed by atoms with Gasteiger partial charge in [0.15, 0.2) is 0 Å². The van der Waals surface area contributed by atoms with Crippen molar-refractivity contribution in [2.24, 2.45) is 0 Å². The highest BCUT2D eigenvalue weighted by molar-refractivity contribution is 5.96. The molecule has 20 heavy (non-hydrogen) atoms. The topological polar surface area (TPSA) is 49.9 Å². The van der Waals surface area contributed by atoms with Crippen molar-refractivity contribution in [1.29, 1.82) is 0 Å². The molecule has 0 spiro atoms. The number of hydrogen-bond acceptors (Lipinski definition) is 3. The van der Waals surface area contributed by atoms with Gasteiger partial charge < -0.3 is 14.5 Å². The molecule has 2 heterocycles. The first-order valence-electron chi connectivity index (χ1n) is 7.46.